The number of carbonyl (C=O) groups excluding carboxylic acids is 3. The molecule has 7 nitrogen and oxygen atoms in total. The van der Waals surface area contributed by atoms with Gasteiger partial charge in [0.2, 0.25) is 0 Å². The second-order valence-corrected chi connectivity index (χ2v) is 7.86. The van der Waals surface area contributed by atoms with Gasteiger partial charge in [0.05, 0.1) is 12.7 Å². The van der Waals surface area contributed by atoms with Gasteiger partial charge >= 0.3 is 12.0 Å². The number of amides is 2. The molecule has 1 fully saturated rings. The first-order valence-corrected chi connectivity index (χ1v) is 9.81. The summed E-state index contributed by atoms with van der Waals surface area (Å²) in [5.74, 6) is -0.415. The fraction of sp³-hybridized carbons (Fsp3) is 0.350. The molecule has 1 saturated heterocycles. The highest BCUT2D eigenvalue weighted by Gasteiger charge is 2.24. The molecule has 28 heavy (non-hydrogen) atoms. The first kappa shape index (κ1) is 19.9. The van der Waals surface area contributed by atoms with Crippen LogP contribution < -0.4 is 10.2 Å². The predicted octanol–water partition coefficient (Wildman–Crippen LogP) is 3.40. The molecule has 1 aliphatic rings. The molecule has 2 amide bonds. The summed E-state index contributed by atoms with van der Waals surface area (Å²) in [7, 11) is 1.32. The number of hydrogen-bond acceptors (Lipinski definition) is 6. The number of piperazine rings is 1. The Balaban J connectivity index is 1.60. The van der Waals surface area contributed by atoms with E-state index in [0.717, 1.165) is 10.6 Å². The zero-order chi connectivity index (χ0) is 20.3. The lowest BCUT2D eigenvalue weighted by Gasteiger charge is -2.36. The van der Waals surface area contributed by atoms with Crippen LogP contribution in [-0.2, 0) is 4.74 Å². The van der Waals surface area contributed by atoms with Gasteiger partial charge in [0.1, 0.15) is 5.00 Å². The Bertz CT molecular complexity index is 883. The van der Waals surface area contributed by atoms with E-state index >= 15 is 0 Å². The van der Waals surface area contributed by atoms with Crippen LogP contribution in [0.15, 0.2) is 30.3 Å². The normalized spacial score (nSPS) is 14.0. The van der Waals surface area contributed by atoms with Crippen LogP contribution in [0.1, 0.15) is 32.5 Å². The summed E-state index contributed by atoms with van der Waals surface area (Å²) in [4.78, 5) is 40.7. The number of Topliss-reactive ketones (excluding diaryl/α,β-unsaturated/α-hetero) is 1. The third-order valence-corrected chi connectivity index (χ3v) is 5.65. The fourth-order valence-corrected chi connectivity index (χ4v) is 4.01. The smallest absolute Gasteiger partial charge is 0.340 e. The van der Waals surface area contributed by atoms with Crippen LogP contribution in [0, 0.1) is 6.92 Å². The van der Waals surface area contributed by atoms with Gasteiger partial charge in [-0.15, -0.1) is 11.3 Å². The van der Waals surface area contributed by atoms with Crippen LogP contribution in [0.2, 0.25) is 0 Å². The Morgan fingerprint density at radius 1 is 1.07 bits per heavy atom. The van der Waals surface area contributed by atoms with Crippen LogP contribution in [0.4, 0.5) is 15.5 Å². The van der Waals surface area contributed by atoms with Gasteiger partial charge in [-0.1, -0.05) is 0 Å². The van der Waals surface area contributed by atoms with Crippen molar-refractivity contribution in [2.24, 2.45) is 0 Å². The molecule has 1 aliphatic heterocycles. The molecule has 0 aliphatic carbocycles. The number of nitrogens with one attached hydrogen (secondary N) is 1. The van der Waals surface area contributed by atoms with Gasteiger partial charge in [-0.2, -0.15) is 0 Å². The number of ether oxygens (including phenoxy) is 1. The van der Waals surface area contributed by atoms with Crippen LogP contribution in [0.3, 0.4) is 0 Å². The summed E-state index contributed by atoms with van der Waals surface area (Å²) in [5, 5.41) is 3.35. The Kier molecular flexibility index (Phi) is 5.99. The van der Waals surface area contributed by atoms with E-state index in [1.165, 1.54) is 18.4 Å². The summed E-state index contributed by atoms with van der Waals surface area (Å²) < 4.78 is 4.78. The average molecular weight is 401 g/mol. The number of esters is 1. The van der Waals surface area contributed by atoms with E-state index in [-0.39, 0.29) is 11.8 Å². The van der Waals surface area contributed by atoms with Crippen molar-refractivity contribution in [3.8, 4) is 0 Å². The summed E-state index contributed by atoms with van der Waals surface area (Å²) >= 11 is 1.35. The zero-order valence-electron chi connectivity index (χ0n) is 16.2. The van der Waals surface area contributed by atoms with Crippen molar-refractivity contribution in [3.05, 3.63) is 46.3 Å². The molecule has 1 N–H and O–H groups in total. The number of methoxy groups -OCH3 is 1. The highest BCUT2D eigenvalue weighted by Crippen LogP contribution is 2.28. The summed E-state index contributed by atoms with van der Waals surface area (Å²) in [6.45, 7) is 5.95. The van der Waals surface area contributed by atoms with E-state index in [1.54, 1.807) is 17.9 Å². The zero-order valence-corrected chi connectivity index (χ0v) is 17.0. The molecule has 8 heteroatoms. The fourth-order valence-electron chi connectivity index (χ4n) is 3.12. The van der Waals surface area contributed by atoms with Gasteiger partial charge in [0.15, 0.2) is 5.78 Å². The molecule has 1 aromatic carbocycles. The van der Waals surface area contributed by atoms with E-state index in [9.17, 15) is 14.4 Å². The first-order chi connectivity index (χ1) is 13.4. The van der Waals surface area contributed by atoms with Gasteiger partial charge in [-0.25, -0.2) is 9.59 Å². The number of urea groups is 1. The second-order valence-electron chi connectivity index (χ2n) is 6.60. The Hall–Kier alpha value is -2.87. The Morgan fingerprint density at radius 2 is 1.71 bits per heavy atom. The van der Waals surface area contributed by atoms with Gasteiger partial charge in [-0.05, 0) is 44.2 Å². The third kappa shape index (κ3) is 4.33. The van der Waals surface area contributed by atoms with Crippen LogP contribution in [0.25, 0.3) is 0 Å². The monoisotopic (exact) mass is 401 g/mol. The van der Waals surface area contributed by atoms with E-state index in [4.69, 9.17) is 4.74 Å². The minimum Gasteiger partial charge on any atom is -0.465 e. The predicted molar refractivity (Wildman–Crippen MR) is 110 cm³/mol. The van der Waals surface area contributed by atoms with Crippen molar-refractivity contribution in [1.82, 2.24) is 4.90 Å². The Labute approximate surface area is 167 Å². The van der Waals surface area contributed by atoms with Crippen LogP contribution in [-0.4, -0.2) is 56.0 Å². The molecule has 0 bridgehead atoms. The first-order valence-electron chi connectivity index (χ1n) is 8.99. The summed E-state index contributed by atoms with van der Waals surface area (Å²) in [5.41, 5.74) is 2.10. The molecule has 0 saturated carbocycles. The van der Waals surface area contributed by atoms with E-state index in [0.29, 0.717) is 42.3 Å². The lowest BCUT2D eigenvalue weighted by atomic mass is 10.1. The molecule has 2 aromatic rings. The second kappa shape index (κ2) is 8.43. The lowest BCUT2D eigenvalue weighted by molar-refractivity contribution is 0.0602. The number of ketones is 1. The highest BCUT2D eigenvalue weighted by molar-refractivity contribution is 7.16. The number of hydrogen-bond donors (Lipinski definition) is 1. The van der Waals surface area contributed by atoms with Crippen molar-refractivity contribution in [1.29, 1.82) is 0 Å². The molecule has 2 heterocycles. The minimum atomic E-state index is -0.460. The Morgan fingerprint density at radius 3 is 2.29 bits per heavy atom. The SMILES string of the molecule is COC(=O)c1cc(C)sc1NC(=O)N1CCN(c2ccc(C(C)=O)cc2)CC1. The van der Waals surface area contributed by atoms with Gasteiger partial charge in [-0.3, -0.25) is 10.1 Å². The van der Waals surface area contributed by atoms with Crippen LogP contribution in [0.5, 0.6) is 0 Å². The molecule has 0 spiro atoms. The molecular formula is C20H23N3O4S. The number of carbonyl (C=O) groups is 3. The quantitative estimate of drug-likeness (QED) is 0.627. The molecule has 3 rings (SSSR count). The number of nitrogens with zero attached hydrogens (tertiary/aromatic N) is 2. The van der Waals surface area contributed by atoms with Gasteiger partial charge in [0.25, 0.3) is 0 Å². The van der Waals surface area contributed by atoms with Crippen molar-refractivity contribution < 1.29 is 19.1 Å². The average Bonchev–Trinajstić information content (AvgIpc) is 3.07. The van der Waals surface area contributed by atoms with Crippen molar-refractivity contribution in [2.45, 2.75) is 13.8 Å². The van der Waals surface area contributed by atoms with E-state index < -0.39 is 5.97 Å². The number of rotatable bonds is 4. The van der Waals surface area contributed by atoms with E-state index in [2.05, 4.69) is 10.2 Å². The third-order valence-electron chi connectivity index (χ3n) is 4.69. The number of aryl methyl sites for hydroxylation is 1. The number of benzene rings is 1. The lowest BCUT2D eigenvalue weighted by Crippen LogP contribution is -2.50. The minimum absolute atomic E-state index is 0.0446. The van der Waals surface area contributed by atoms with Crippen molar-refractivity contribution in [3.63, 3.8) is 0 Å². The van der Waals surface area contributed by atoms with Gasteiger partial charge in [0, 0.05) is 42.3 Å². The molecule has 0 unspecified atom stereocenters. The van der Waals surface area contributed by atoms with Crippen molar-refractivity contribution in [2.75, 3.05) is 43.5 Å². The van der Waals surface area contributed by atoms with Crippen molar-refractivity contribution >= 4 is 39.8 Å². The highest BCUT2D eigenvalue weighted by atomic mass is 32.1. The number of anilines is 2. The van der Waals surface area contributed by atoms with E-state index in [1.807, 2.05) is 31.2 Å². The maximum absolute atomic E-state index is 12.6. The summed E-state index contributed by atoms with van der Waals surface area (Å²) in [6.07, 6.45) is 0. The molecular weight excluding hydrogens is 378 g/mol. The molecule has 0 atom stereocenters. The molecule has 1 aromatic heterocycles. The maximum Gasteiger partial charge on any atom is 0.340 e. The molecule has 0 radical (unpaired) electrons. The molecule has 148 valence electrons. The topological polar surface area (TPSA) is 79.0 Å². The standard InChI is InChI=1S/C20H23N3O4S/c1-13-12-17(19(25)27-3)18(28-13)21-20(26)23-10-8-22(9-11-23)16-6-4-15(5-7-16)14(2)24/h4-7,12H,8-11H2,1-3H3,(H,21,26). The largest absolute Gasteiger partial charge is 0.465 e. The maximum atomic E-state index is 12.6. The summed E-state index contributed by atoms with van der Waals surface area (Å²) in [6, 6.07) is 9.01. The van der Waals surface area contributed by atoms with Gasteiger partial charge < -0.3 is 14.5 Å². The number of thiophene rings is 1. The van der Waals surface area contributed by atoms with Crippen LogP contribution >= 0.6 is 11.3 Å².